The first-order chi connectivity index (χ1) is 9.97. The monoisotopic (exact) mass is 307 g/mol. The van der Waals surface area contributed by atoms with Gasteiger partial charge < -0.3 is 10.8 Å². The molecular weight excluding hydrogens is 294 g/mol. The zero-order chi connectivity index (χ0) is 15.4. The number of carboxylic acid groups (broad SMARTS) is 1. The van der Waals surface area contributed by atoms with E-state index < -0.39 is 16.9 Å². The fourth-order valence-electron chi connectivity index (χ4n) is 1.74. The molecule has 21 heavy (non-hydrogen) atoms. The molecule has 0 bridgehead atoms. The average molecular weight is 307 g/mol. The van der Waals surface area contributed by atoms with Crippen molar-refractivity contribution in [2.45, 2.75) is 18.9 Å². The number of rotatable bonds is 6. The number of benzene rings is 1. The Balaban J connectivity index is 2.11. The first-order valence-corrected chi connectivity index (χ1v) is 7.03. The SMILES string of the molecule is NC(CCc1nc(-c2cccc([N+](=O)[O-])c2)cs1)C(=O)O. The van der Waals surface area contributed by atoms with E-state index in [-0.39, 0.29) is 5.69 Å². The maximum Gasteiger partial charge on any atom is 0.320 e. The third kappa shape index (κ3) is 3.83. The lowest BCUT2D eigenvalue weighted by Crippen LogP contribution is -2.30. The number of nitrogens with zero attached hydrogens (tertiary/aromatic N) is 2. The van der Waals surface area contributed by atoms with Crippen molar-refractivity contribution in [3.8, 4) is 11.3 Å². The third-order valence-electron chi connectivity index (χ3n) is 2.89. The predicted octanol–water partition coefficient (Wildman–Crippen LogP) is 2.06. The largest absolute Gasteiger partial charge is 0.480 e. The quantitative estimate of drug-likeness (QED) is 0.622. The van der Waals surface area contributed by atoms with Gasteiger partial charge in [0.1, 0.15) is 6.04 Å². The second-order valence-electron chi connectivity index (χ2n) is 4.42. The van der Waals surface area contributed by atoms with Gasteiger partial charge in [-0.1, -0.05) is 12.1 Å². The number of carboxylic acids is 1. The number of aryl methyl sites for hydroxylation is 1. The summed E-state index contributed by atoms with van der Waals surface area (Å²) in [5.41, 5.74) is 6.75. The molecule has 0 saturated heterocycles. The zero-order valence-electron chi connectivity index (χ0n) is 10.9. The van der Waals surface area contributed by atoms with Crippen LogP contribution in [0.25, 0.3) is 11.3 Å². The van der Waals surface area contributed by atoms with E-state index >= 15 is 0 Å². The number of nitro groups is 1. The van der Waals surface area contributed by atoms with Gasteiger partial charge in [0.15, 0.2) is 0 Å². The Labute approximate surface area is 124 Å². The number of hydrogen-bond donors (Lipinski definition) is 2. The van der Waals surface area contributed by atoms with Crippen molar-refractivity contribution in [1.29, 1.82) is 0 Å². The van der Waals surface area contributed by atoms with Crippen molar-refractivity contribution in [2.75, 3.05) is 0 Å². The van der Waals surface area contributed by atoms with Gasteiger partial charge >= 0.3 is 5.97 Å². The number of nitrogens with two attached hydrogens (primary N) is 1. The molecule has 0 saturated carbocycles. The van der Waals surface area contributed by atoms with Crippen LogP contribution in [-0.4, -0.2) is 27.0 Å². The van der Waals surface area contributed by atoms with Gasteiger partial charge in [-0.2, -0.15) is 0 Å². The van der Waals surface area contributed by atoms with Crippen molar-refractivity contribution < 1.29 is 14.8 Å². The maximum atomic E-state index is 10.7. The molecule has 0 amide bonds. The molecule has 1 unspecified atom stereocenters. The third-order valence-corrected chi connectivity index (χ3v) is 3.80. The molecule has 110 valence electrons. The van der Waals surface area contributed by atoms with E-state index in [0.29, 0.717) is 24.1 Å². The molecule has 1 aromatic carbocycles. The Kier molecular flexibility index (Phi) is 4.61. The van der Waals surface area contributed by atoms with Gasteiger partial charge in [-0.25, -0.2) is 4.98 Å². The number of nitro benzene ring substituents is 1. The normalized spacial score (nSPS) is 12.0. The van der Waals surface area contributed by atoms with E-state index in [0.717, 1.165) is 5.01 Å². The smallest absolute Gasteiger partial charge is 0.320 e. The highest BCUT2D eigenvalue weighted by atomic mass is 32.1. The Morgan fingerprint density at radius 2 is 2.29 bits per heavy atom. The summed E-state index contributed by atoms with van der Waals surface area (Å²) in [7, 11) is 0. The fourth-order valence-corrected chi connectivity index (χ4v) is 2.56. The van der Waals surface area contributed by atoms with Crippen LogP contribution in [0.5, 0.6) is 0 Å². The standard InChI is InChI=1S/C13H13N3O4S/c14-10(13(17)18)4-5-12-15-11(7-21-12)8-2-1-3-9(6-8)16(19)20/h1-3,6-7,10H,4-5,14H2,(H,17,18). The topological polar surface area (TPSA) is 119 Å². The molecule has 7 nitrogen and oxygen atoms in total. The Bertz CT molecular complexity index is 671. The summed E-state index contributed by atoms with van der Waals surface area (Å²) in [6, 6.07) is 5.32. The molecule has 2 aromatic rings. The Morgan fingerprint density at radius 1 is 1.52 bits per heavy atom. The Morgan fingerprint density at radius 3 is 2.95 bits per heavy atom. The molecule has 0 aliphatic rings. The first-order valence-electron chi connectivity index (χ1n) is 6.15. The van der Waals surface area contributed by atoms with E-state index in [9.17, 15) is 14.9 Å². The van der Waals surface area contributed by atoms with E-state index in [4.69, 9.17) is 10.8 Å². The summed E-state index contributed by atoms with van der Waals surface area (Å²) < 4.78 is 0. The van der Waals surface area contributed by atoms with Gasteiger partial charge in [0.25, 0.3) is 5.69 Å². The molecule has 0 radical (unpaired) electrons. The van der Waals surface area contributed by atoms with Gasteiger partial charge in [-0.05, 0) is 6.42 Å². The molecular formula is C13H13N3O4S. The molecule has 1 heterocycles. The van der Waals surface area contributed by atoms with Crippen LogP contribution in [0.3, 0.4) is 0 Å². The molecule has 8 heteroatoms. The van der Waals surface area contributed by atoms with E-state index in [2.05, 4.69) is 4.98 Å². The molecule has 0 aliphatic carbocycles. The number of non-ortho nitro benzene ring substituents is 1. The summed E-state index contributed by atoms with van der Waals surface area (Å²) in [6.07, 6.45) is 0.768. The highest BCUT2D eigenvalue weighted by Crippen LogP contribution is 2.25. The Hall–Kier alpha value is -2.32. The van der Waals surface area contributed by atoms with Crippen molar-refractivity contribution in [1.82, 2.24) is 4.98 Å². The van der Waals surface area contributed by atoms with Crippen molar-refractivity contribution in [2.24, 2.45) is 5.73 Å². The zero-order valence-corrected chi connectivity index (χ0v) is 11.7. The minimum Gasteiger partial charge on any atom is -0.480 e. The molecule has 0 aliphatic heterocycles. The lowest BCUT2D eigenvalue weighted by atomic mass is 10.1. The van der Waals surface area contributed by atoms with Crippen molar-refractivity contribution in [3.05, 3.63) is 44.8 Å². The maximum absolute atomic E-state index is 10.7. The van der Waals surface area contributed by atoms with Crippen LogP contribution in [0.4, 0.5) is 5.69 Å². The predicted molar refractivity (Wildman–Crippen MR) is 78.1 cm³/mol. The second kappa shape index (κ2) is 6.42. The molecule has 0 spiro atoms. The van der Waals surface area contributed by atoms with Crippen LogP contribution in [0.1, 0.15) is 11.4 Å². The number of hydrogen-bond acceptors (Lipinski definition) is 6. The molecule has 1 aromatic heterocycles. The van der Waals surface area contributed by atoms with Crippen LogP contribution in [0.15, 0.2) is 29.6 Å². The summed E-state index contributed by atoms with van der Waals surface area (Å²) in [4.78, 5) is 25.3. The minimum atomic E-state index is -1.04. The fraction of sp³-hybridized carbons (Fsp3) is 0.231. The summed E-state index contributed by atoms with van der Waals surface area (Å²) >= 11 is 1.38. The van der Waals surface area contributed by atoms with Crippen LogP contribution in [-0.2, 0) is 11.2 Å². The van der Waals surface area contributed by atoms with Crippen LogP contribution in [0.2, 0.25) is 0 Å². The van der Waals surface area contributed by atoms with Crippen molar-refractivity contribution >= 4 is 23.0 Å². The molecule has 3 N–H and O–H groups in total. The first kappa shape index (κ1) is 15.1. The average Bonchev–Trinajstić information content (AvgIpc) is 2.93. The van der Waals surface area contributed by atoms with Gasteiger partial charge in [0.05, 0.1) is 15.6 Å². The minimum absolute atomic E-state index is 0.00921. The lowest BCUT2D eigenvalue weighted by molar-refractivity contribution is -0.384. The van der Waals surface area contributed by atoms with E-state index in [1.807, 2.05) is 0 Å². The number of aromatic nitrogens is 1. The van der Waals surface area contributed by atoms with Gasteiger partial charge in [0, 0.05) is 29.5 Å². The van der Waals surface area contributed by atoms with Crippen LogP contribution >= 0.6 is 11.3 Å². The van der Waals surface area contributed by atoms with Gasteiger partial charge in [0.2, 0.25) is 0 Å². The van der Waals surface area contributed by atoms with Crippen LogP contribution < -0.4 is 5.73 Å². The highest BCUT2D eigenvalue weighted by molar-refractivity contribution is 7.09. The van der Waals surface area contributed by atoms with Gasteiger partial charge in [-0.3, -0.25) is 14.9 Å². The molecule has 2 rings (SSSR count). The molecule has 1 atom stereocenters. The van der Waals surface area contributed by atoms with Crippen LogP contribution in [0, 0.1) is 10.1 Å². The summed E-state index contributed by atoms with van der Waals surface area (Å²) in [5, 5.41) is 22.0. The number of carbonyl (C=O) groups is 1. The van der Waals surface area contributed by atoms with Crippen molar-refractivity contribution in [3.63, 3.8) is 0 Å². The molecule has 0 fully saturated rings. The van der Waals surface area contributed by atoms with Gasteiger partial charge in [-0.15, -0.1) is 11.3 Å². The second-order valence-corrected chi connectivity index (χ2v) is 5.36. The number of aliphatic carboxylic acids is 1. The summed E-state index contributed by atoms with van der Waals surface area (Å²) in [5.74, 6) is -1.04. The number of thiazole rings is 1. The highest BCUT2D eigenvalue weighted by Gasteiger charge is 2.13. The van der Waals surface area contributed by atoms with E-state index in [1.165, 1.54) is 23.5 Å². The van der Waals surface area contributed by atoms with E-state index in [1.54, 1.807) is 17.5 Å². The lowest BCUT2D eigenvalue weighted by Gasteiger charge is -2.03. The summed E-state index contributed by atoms with van der Waals surface area (Å²) in [6.45, 7) is 0.